The van der Waals surface area contributed by atoms with Crippen molar-refractivity contribution in [1.82, 2.24) is 9.80 Å². The van der Waals surface area contributed by atoms with Gasteiger partial charge < -0.3 is 10.0 Å². The molecular weight excluding hydrogens is 268 g/mol. The maximum atomic E-state index is 12.4. The van der Waals surface area contributed by atoms with Crippen molar-refractivity contribution >= 4 is 5.91 Å². The van der Waals surface area contributed by atoms with Gasteiger partial charge in [-0.3, -0.25) is 9.69 Å². The average molecular weight is 292 g/mol. The van der Waals surface area contributed by atoms with Gasteiger partial charge >= 0.3 is 0 Å². The molecule has 0 aromatic carbocycles. The molecule has 6 heteroatoms. The summed E-state index contributed by atoms with van der Waals surface area (Å²) in [6.45, 7) is 3.56. The van der Waals surface area contributed by atoms with Crippen LogP contribution in [0.25, 0.3) is 0 Å². The molecule has 2 atom stereocenters. The lowest BCUT2D eigenvalue weighted by Crippen LogP contribution is -2.50. The number of hydrogen-bond acceptors (Lipinski definition) is 5. The molecule has 6 nitrogen and oxygen atoms in total. The minimum atomic E-state index is -0.454. The zero-order valence-corrected chi connectivity index (χ0v) is 12.7. The van der Waals surface area contributed by atoms with Crippen molar-refractivity contribution in [2.24, 2.45) is 0 Å². The van der Waals surface area contributed by atoms with Crippen LogP contribution in [0.15, 0.2) is 0 Å². The molecule has 1 rings (SSSR count). The molecule has 0 aromatic rings. The summed E-state index contributed by atoms with van der Waals surface area (Å²) in [5.41, 5.74) is 0. The number of amides is 1. The minimum absolute atomic E-state index is 0.0245. The zero-order chi connectivity index (χ0) is 15.7. The van der Waals surface area contributed by atoms with Gasteiger partial charge in [0.2, 0.25) is 5.91 Å². The quantitative estimate of drug-likeness (QED) is 0.752. The van der Waals surface area contributed by atoms with Crippen LogP contribution >= 0.6 is 0 Å². The molecule has 0 aromatic heterocycles. The van der Waals surface area contributed by atoms with Crippen LogP contribution in [0.2, 0.25) is 0 Å². The third kappa shape index (κ3) is 5.71. The van der Waals surface area contributed by atoms with Crippen molar-refractivity contribution in [3.05, 3.63) is 0 Å². The van der Waals surface area contributed by atoms with Gasteiger partial charge in [0.05, 0.1) is 37.6 Å². The Hall–Kier alpha value is -1.63. The summed E-state index contributed by atoms with van der Waals surface area (Å²) in [7, 11) is 0. The summed E-state index contributed by atoms with van der Waals surface area (Å²) in [6.07, 6.45) is 3.11. The summed E-state index contributed by atoms with van der Waals surface area (Å²) >= 11 is 0. The van der Waals surface area contributed by atoms with Crippen molar-refractivity contribution in [2.45, 2.75) is 51.2 Å². The molecule has 0 bridgehead atoms. The Bertz CT molecular complexity index is 393. The number of likely N-dealkylation sites (tertiary alicyclic amines) is 1. The van der Waals surface area contributed by atoms with Gasteiger partial charge in [-0.05, 0) is 26.3 Å². The molecule has 0 radical (unpaired) electrons. The predicted octanol–water partition coefficient (Wildman–Crippen LogP) is 0.878. The maximum Gasteiger partial charge on any atom is 0.236 e. The molecule has 1 heterocycles. The van der Waals surface area contributed by atoms with Crippen LogP contribution in [0.4, 0.5) is 0 Å². The number of nitrogens with zero attached hydrogens (tertiary/aromatic N) is 4. The van der Waals surface area contributed by atoms with Gasteiger partial charge in [0, 0.05) is 19.1 Å². The Morgan fingerprint density at radius 1 is 1.33 bits per heavy atom. The van der Waals surface area contributed by atoms with E-state index in [-0.39, 0.29) is 31.3 Å². The van der Waals surface area contributed by atoms with Crippen molar-refractivity contribution < 1.29 is 9.90 Å². The van der Waals surface area contributed by atoms with Gasteiger partial charge in [0.15, 0.2) is 0 Å². The lowest BCUT2D eigenvalue weighted by molar-refractivity contribution is -0.134. The first-order valence-electron chi connectivity index (χ1n) is 7.54. The van der Waals surface area contributed by atoms with E-state index >= 15 is 0 Å². The van der Waals surface area contributed by atoms with Crippen LogP contribution in [0.3, 0.4) is 0 Å². The summed E-state index contributed by atoms with van der Waals surface area (Å²) in [5.74, 6) is -0.0620. The second-order valence-corrected chi connectivity index (χ2v) is 5.47. The number of hydrogen-bond donors (Lipinski definition) is 1. The van der Waals surface area contributed by atoms with Crippen LogP contribution in [0.1, 0.15) is 39.0 Å². The van der Waals surface area contributed by atoms with E-state index in [4.69, 9.17) is 10.5 Å². The average Bonchev–Trinajstić information content (AvgIpc) is 2.47. The molecule has 1 aliphatic rings. The van der Waals surface area contributed by atoms with Gasteiger partial charge in [-0.15, -0.1) is 0 Å². The fourth-order valence-electron chi connectivity index (χ4n) is 2.76. The Labute approximate surface area is 126 Å². The SMILES string of the molecule is CC(O)C1CCCCN1CC(=O)N(CCC#N)CCC#N. The topological polar surface area (TPSA) is 91.4 Å². The Morgan fingerprint density at radius 2 is 1.95 bits per heavy atom. The van der Waals surface area contributed by atoms with Crippen LogP contribution in [-0.4, -0.2) is 59.1 Å². The van der Waals surface area contributed by atoms with Gasteiger partial charge in [0.1, 0.15) is 0 Å². The monoisotopic (exact) mass is 292 g/mol. The minimum Gasteiger partial charge on any atom is -0.392 e. The number of piperidine rings is 1. The van der Waals surface area contributed by atoms with Crippen LogP contribution in [0, 0.1) is 22.7 Å². The third-order valence-corrected chi connectivity index (χ3v) is 3.90. The van der Waals surface area contributed by atoms with Crippen LogP contribution in [0.5, 0.6) is 0 Å². The number of carbonyl (C=O) groups is 1. The van der Waals surface area contributed by atoms with E-state index < -0.39 is 6.10 Å². The van der Waals surface area contributed by atoms with Gasteiger partial charge in [-0.1, -0.05) is 6.42 Å². The summed E-state index contributed by atoms with van der Waals surface area (Å²) in [4.78, 5) is 16.0. The molecule has 21 heavy (non-hydrogen) atoms. The second-order valence-electron chi connectivity index (χ2n) is 5.47. The van der Waals surface area contributed by atoms with E-state index in [1.54, 1.807) is 11.8 Å². The fraction of sp³-hybridized carbons (Fsp3) is 0.800. The molecule has 1 aliphatic heterocycles. The molecule has 1 fully saturated rings. The molecule has 1 N–H and O–H groups in total. The standard InChI is InChI=1S/C15H24N4O2/c1-13(20)14-6-2-3-9-19(14)12-15(21)18(10-4-7-16)11-5-8-17/h13-14,20H,2-6,9-12H2,1H3. The van der Waals surface area contributed by atoms with Gasteiger partial charge in [0.25, 0.3) is 0 Å². The number of nitriles is 2. The van der Waals surface area contributed by atoms with Crippen LogP contribution < -0.4 is 0 Å². The molecule has 0 spiro atoms. The first-order chi connectivity index (χ1) is 10.1. The molecule has 116 valence electrons. The van der Waals surface area contributed by atoms with E-state index in [0.717, 1.165) is 25.8 Å². The predicted molar refractivity (Wildman–Crippen MR) is 77.9 cm³/mol. The summed E-state index contributed by atoms with van der Waals surface area (Å²) in [5, 5.41) is 27.2. The highest BCUT2D eigenvalue weighted by Gasteiger charge is 2.28. The molecular formula is C15H24N4O2. The second kappa shape index (κ2) is 9.33. The van der Waals surface area contributed by atoms with Crippen molar-refractivity contribution in [2.75, 3.05) is 26.2 Å². The summed E-state index contributed by atoms with van der Waals surface area (Å²) < 4.78 is 0. The van der Waals surface area contributed by atoms with E-state index in [1.807, 2.05) is 17.0 Å². The van der Waals surface area contributed by atoms with E-state index in [2.05, 4.69) is 0 Å². The van der Waals surface area contributed by atoms with Crippen molar-refractivity contribution in [1.29, 1.82) is 10.5 Å². The molecule has 0 saturated carbocycles. The van der Waals surface area contributed by atoms with Crippen LogP contribution in [-0.2, 0) is 4.79 Å². The highest BCUT2D eigenvalue weighted by molar-refractivity contribution is 5.78. The van der Waals surface area contributed by atoms with Crippen molar-refractivity contribution in [3.8, 4) is 12.1 Å². The highest BCUT2D eigenvalue weighted by Crippen LogP contribution is 2.19. The third-order valence-electron chi connectivity index (χ3n) is 3.90. The fourth-order valence-corrected chi connectivity index (χ4v) is 2.76. The molecule has 2 unspecified atom stereocenters. The van der Waals surface area contributed by atoms with E-state index in [1.165, 1.54) is 0 Å². The van der Waals surface area contributed by atoms with E-state index in [9.17, 15) is 9.90 Å². The van der Waals surface area contributed by atoms with Gasteiger partial charge in [-0.2, -0.15) is 10.5 Å². The lowest BCUT2D eigenvalue weighted by Gasteiger charge is -2.38. The van der Waals surface area contributed by atoms with Crippen molar-refractivity contribution in [3.63, 3.8) is 0 Å². The van der Waals surface area contributed by atoms with E-state index in [0.29, 0.717) is 13.1 Å². The highest BCUT2D eigenvalue weighted by atomic mass is 16.3. The Morgan fingerprint density at radius 3 is 2.48 bits per heavy atom. The first kappa shape index (κ1) is 17.4. The van der Waals surface area contributed by atoms with Gasteiger partial charge in [-0.25, -0.2) is 0 Å². The largest absolute Gasteiger partial charge is 0.392 e. The summed E-state index contributed by atoms with van der Waals surface area (Å²) in [6, 6.07) is 4.08. The Kier molecular flexibility index (Phi) is 7.74. The number of aliphatic hydroxyl groups is 1. The maximum absolute atomic E-state index is 12.4. The molecule has 1 amide bonds. The number of aliphatic hydroxyl groups excluding tert-OH is 1. The first-order valence-corrected chi connectivity index (χ1v) is 7.54. The zero-order valence-electron chi connectivity index (χ0n) is 12.7. The normalized spacial score (nSPS) is 20.3. The Balaban J connectivity index is 2.61. The number of carbonyl (C=O) groups excluding carboxylic acids is 1. The molecule has 1 saturated heterocycles. The lowest BCUT2D eigenvalue weighted by atomic mass is 9.98. The molecule has 0 aliphatic carbocycles. The number of rotatable bonds is 7. The smallest absolute Gasteiger partial charge is 0.236 e.